The molecule has 0 unspecified atom stereocenters. The molecule has 6 nitrogen and oxygen atoms in total. The van der Waals surface area contributed by atoms with Crippen LogP contribution >= 0.6 is 0 Å². The summed E-state index contributed by atoms with van der Waals surface area (Å²) in [7, 11) is 3.48. The summed E-state index contributed by atoms with van der Waals surface area (Å²) in [4.78, 5) is 31.4. The predicted molar refractivity (Wildman–Crippen MR) is 76.7 cm³/mol. The Morgan fingerprint density at radius 1 is 1.55 bits per heavy atom. The van der Waals surface area contributed by atoms with Crippen LogP contribution in [-0.4, -0.2) is 55.4 Å². The van der Waals surface area contributed by atoms with Crippen LogP contribution in [0.25, 0.3) is 0 Å². The number of likely N-dealkylation sites (N-methyl/N-ethyl adjacent to an activating group) is 1. The van der Waals surface area contributed by atoms with Gasteiger partial charge in [0.2, 0.25) is 5.91 Å². The number of rotatable bonds is 5. The Balaban J connectivity index is 2.03. The number of hydrogen-bond donors (Lipinski definition) is 1. The van der Waals surface area contributed by atoms with Gasteiger partial charge in [-0.15, -0.1) is 0 Å². The zero-order valence-corrected chi connectivity index (χ0v) is 11.9. The highest BCUT2D eigenvalue weighted by Crippen LogP contribution is 2.16. The molecule has 2 heterocycles. The minimum Gasteiger partial charge on any atom is -0.357 e. The monoisotopic (exact) mass is 276 g/mol. The number of carbonyl (C=O) groups excluding carboxylic acids is 2. The van der Waals surface area contributed by atoms with Crippen LogP contribution in [0.2, 0.25) is 0 Å². The van der Waals surface area contributed by atoms with Gasteiger partial charge in [0, 0.05) is 46.3 Å². The molecule has 6 heteroatoms. The van der Waals surface area contributed by atoms with Crippen LogP contribution in [-0.2, 0) is 4.79 Å². The van der Waals surface area contributed by atoms with Gasteiger partial charge in [-0.05, 0) is 18.6 Å². The molecule has 0 atom stereocenters. The van der Waals surface area contributed by atoms with Crippen LogP contribution in [0.3, 0.4) is 0 Å². The van der Waals surface area contributed by atoms with Gasteiger partial charge in [0.1, 0.15) is 5.82 Å². The highest BCUT2D eigenvalue weighted by Gasteiger charge is 2.21. The van der Waals surface area contributed by atoms with Gasteiger partial charge in [-0.3, -0.25) is 9.59 Å². The van der Waals surface area contributed by atoms with E-state index in [9.17, 15) is 9.59 Å². The first-order chi connectivity index (χ1) is 9.63. The molecular weight excluding hydrogens is 256 g/mol. The predicted octanol–water partition coefficient (Wildman–Crippen LogP) is 0.500. The number of aromatic nitrogens is 1. The maximum absolute atomic E-state index is 11.8. The lowest BCUT2D eigenvalue weighted by Gasteiger charge is -2.23. The number of nitrogens with one attached hydrogen (secondary N) is 1. The SMILES string of the molecule is CNC(=O)c1cccnc1N(C)CCN1CCCC1=O. The topological polar surface area (TPSA) is 65.5 Å². The highest BCUT2D eigenvalue weighted by atomic mass is 16.2. The lowest BCUT2D eigenvalue weighted by molar-refractivity contribution is -0.127. The summed E-state index contributed by atoms with van der Waals surface area (Å²) in [5.41, 5.74) is 0.547. The Morgan fingerprint density at radius 2 is 2.35 bits per heavy atom. The third-order valence-corrected chi connectivity index (χ3v) is 3.50. The van der Waals surface area contributed by atoms with E-state index in [1.165, 1.54) is 0 Å². The first kappa shape index (κ1) is 14.3. The Labute approximate surface area is 118 Å². The van der Waals surface area contributed by atoms with Crippen molar-refractivity contribution in [3.8, 4) is 0 Å². The second kappa shape index (κ2) is 6.36. The first-order valence-electron chi connectivity index (χ1n) is 6.79. The van der Waals surface area contributed by atoms with E-state index in [4.69, 9.17) is 0 Å². The molecule has 2 amide bonds. The molecular formula is C14H20N4O2. The molecule has 0 aromatic carbocycles. The van der Waals surface area contributed by atoms with E-state index in [-0.39, 0.29) is 11.8 Å². The summed E-state index contributed by atoms with van der Waals surface area (Å²) in [5, 5.41) is 2.61. The number of nitrogens with zero attached hydrogens (tertiary/aromatic N) is 3. The lowest BCUT2D eigenvalue weighted by Crippen LogP contribution is -2.35. The molecule has 0 aliphatic carbocycles. The smallest absolute Gasteiger partial charge is 0.254 e. The molecule has 0 bridgehead atoms. The van der Waals surface area contributed by atoms with Gasteiger partial charge >= 0.3 is 0 Å². The van der Waals surface area contributed by atoms with Gasteiger partial charge < -0.3 is 15.1 Å². The molecule has 0 radical (unpaired) electrons. The molecule has 20 heavy (non-hydrogen) atoms. The molecule has 1 aliphatic rings. The Kier molecular flexibility index (Phi) is 4.55. The summed E-state index contributed by atoms with van der Waals surface area (Å²) in [6.07, 6.45) is 3.26. The lowest BCUT2D eigenvalue weighted by atomic mass is 10.2. The third-order valence-electron chi connectivity index (χ3n) is 3.50. The van der Waals surface area contributed by atoms with Gasteiger partial charge in [0.25, 0.3) is 5.91 Å². The van der Waals surface area contributed by atoms with Gasteiger partial charge in [-0.2, -0.15) is 0 Å². The molecule has 1 saturated heterocycles. The van der Waals surface area contributed by atoms with E-state index < -0.39 is 0 Å². The summed E-state index contributed by atoms with van der Waals surface area (Å²) >= 11 is 0. The Hall–Kier alpha value is -2.11. The van der Waals surface area contributed by atoms with E-state index in [1.54, 1.807) is 25.4 Å². The van der Waals surface area contributed by atoms with E-state index >= 15 is 0 Å². The minimum absolute atomic E-state index is 0.155. The molecule has 2 rings (SSSR count). The quantitative estimate of drug-likeness (QED) is 0.850. The Morgan fingerprint density at radius 3 is 3.00 bits per heavy atom. The van der Waals surface area contributed by atoms with Crippen molar-refractivity contribution >= 4 is 17.6 Å². The summed E-state index contributed by atoms with van der Waals surface area (Å²) in [6, 6.07) is 3.49. The molecule has 1 fully saturated rings. The first-order valence-corrected chi connectivity index (χ1v) is 6.79. The molecule has 1 aromatic rings. The van der Waals surface area contributed by atoms with E-state index in [0.29, 0.717) is 30.9 Å². The molecule has 0 saturated carbocycles. The fourth-order valence-corrected chi connectivity index (χ4v) is 2.33. The zero-order valence-electron chi connectivity index (χ0n) is 11.9. The number of likely N-dealkylation sites (tertiary alicyclic amines) is 1. The van der Waals surface area contributed by atoms with Crippen LogP contribution in [0.5, 0.6) is 0 Å². The maximum atomic E-state index is 11.8. The van der Waals surface area contributed by atoms with Crippen molar-refractivity contribution in [2.45, 2.75) is 12.8 Å². The van der Waals surface area contributed by atoms with Crippen LogP contribution < -0.4 is 10.2 Å². The summed E-state index contributed by atoms with van der Waals surface area (Å²) < 4.78 is 0. The van der Waals surface area contributed by atoms with E-state index in [0.717, 1.165) is 13.0 Å². The highest BCUT2D eigenvalue weighted by molar-refractivity contribution is 5.98. The molecule has 1 N–H and O–H groups in total. The van der Waals surface area contributed by atoms with Crippen LogP contribution in [0.1, 0.15) is 23.2 Å². The minimum atomic E-state index is -0.155. The van der Waals surface area contributed by atoms with Crippen molar-refractivity contribution in [3.05, 3.63) is 23.9 Å². The van der Waals surface area contributed by atoms with Crippen molar-refractivity contribution < 1.29 is 9.59 Å². The number of anilines is 1. The summed E-state index contributed by atoms with van der Waals surface area (Å²) in [5.74, 6) is 0.696. The maximum Gasteiger partial charge on any atom is 0.254 e. The zero-order chi connectivity index (χ0) is 14.5. The molecule has 1 aromatic heterocycles. The van der Waals surface area contributed by atoms with E-state index in [1.807, 2.05) is 16.8 Å². The largest absolute Gasteiger partial charge is 0.357 e. The van der Waals surface area contributed by atoms with Crippen molar-refractivity contribution in [3.63, 3.8) is 0 Å². The van der Waals surface area contributed by atoms with Crippen LogP contribution in [0, 0.1) is 0 Å². The van der Waals surface area contributed by atoms with Crippen molar-refractivity contribution in [2.24, 2.45) is 0 Å². The van der Waals surface area contributed by atoms with Gasteiger partial charge in [0.05, 0.1) is 5.56 Å². The summed E-state index contributed by atoms with van der Waals surface area (Å²) in [6.45, 7) is 2.16. The molecule has 0 spiro atoms. The third kappa shape index (κ3) is 3.07. The number of amides is 2. The average Bonchev–Trinajstić information content (AvgIpc) is 2.89. The molecule has 108 valence electrons. The van der Waals surface area contributed by atoms with Gasteiger partial charge in [-0.25, -0.2) is 4.98 Å². The van der Waals surface area contributed by atoms with E-state index in [2.05, 4.69) is 10.3 Å². The van der Waals surface area contributed by atoms with Crippen molar-refractivity contribution in [1.82, 2.24) is 15.2 Å². The second-order valence-corrected chi connectivity index (χ2v) is 4.86. The number of hydrogen-bond acceptors (Lipinski definition) is 4. The van der Waals surface area contributed by atoms with Crippen LogP contribution in [0.15, 0.2) is 18.3 Å². The fourth-order valence-electron chi connectivity index (χ4n) is 2.33. The van der Waals surface area contributed by atoms with Gasteiger partial charge in [0.15, 0.2) is 0 Å². The molecule has 1 aliphatic heterocycles. The average molecular weight is 276 g/mol. The normalized spacial score (nSPS) is 14.5. The van der Waals surface area contributed by atoms with Gasteiger partial charge in [-0.1, -0.05) is 0 Å². The van der Waals surface area contributed by atoms with Crippen molar-refractivity contribution in [2.75, 3.05) is 38.6 Å². The van der Waals surface area contributed by atoms with Crippen LogP contribution in [0.4, 0.5) is 5.82 Å². The fraction of sp³-hybridized carbons (Fsp3) is 0.500. The standard InChI is InChI=1S/C14H20N4O2/c1-15-14(20)11-5-3-7-16-13(11)17(2)9-10-18-8-4-6-12(18)19/h3,5,7H,4,6,8-10H2,1-2H3,(H,15,20). The second-order valence-electron chi connectivity index (χ2n) is 4.86. The van der Waals surface area contributed by atoms with Crippen molar-refractivity contribution in [1.29, 1.82) is 0 Å². The Bertz CT molecular complexity index is 504. The number of carbonyl (C=O) groups is 2. The number of pyridine rings is 1.